The highest BCUT2D eigenvalue weighted by molar-refractivity contribution is 5.85. The SMILES string of the molecule is CNC(C)(C)C(=O)NCc1ccc2c(c1)CCO2. The van der Waals surface area contributed by atoms with Crippen LogP contribution in [0.3, 0.4) is 0 Å². The van der Waals surface area contributed by atoms with Gasteiger partial charge in [0.05, 0.1) is 12.1 Å². The fourth-order valence-electron chi connectivity index (χ4n) is 1.87. The van der Waals surface area contributed by atoms with Crippen molar-refractivity contribution in [3.05, 3.63) is 29.3 Å². The highest BCUT2D eigenvalue weighted by Gasteiger charge is 2.24. The quantitative estimate of drug-likeness (QED) is 0.843. The third kappa shape index (κ3) is 2.64. The Kier molecular flexibility index (Phi) is 3.57. The smallest absolute Gasteiger partial charge is 0.239 e. The summed E-state index contributed by atoms with van der Waals surface area (Å²) in [5.74, 6) is 0.974. The Hall–Kier alpha value is -1.55. The number of hydrogen-bond donors (Lipinski definition) is 2. The Morgan fingerprint density at radius 1 is 1.44 bits per heavy atom. The van der Waals surface area contributed by atoms with E-state index in [1.54, 1.807) is 7.05 Å². The first-order valence-corrected chi connectivity index (χ1v) is 6.25. The zero-order chi connectivity index (χ0) is 13.2. The monoisotopic (exact) mass is 248 g/mol. The van der Waals surface area contributed by atoms with Crippen molar-refractivity contribution in [3.8, 4) is 5.75 Å². The predicted molar refractivity (Wildman–Crippen MR) is 70.6 cm³/mol. The lowest BCUT2D eigenvalue weighted by molar-refractivity contribution is -0.126. The van der Waals surface area contributed by atoms with Crippen molar-refractivity contribution in [1.82, 2.24) is 10.6 Å². The summed E-state index contributed by atoms with van der Waals surface area (Å²) in [5.41, 5.74) is 1.80. The van der Waals surface area contributed by atoms with Crippen molar-refractivity contribution < 1.29 is 9.53 Å². The standard InChI is InChI=1S/C14H20N2O2/c1-14(2,15-3)13(17)16-9-10-4-5-12-11(8-10)6-7-18-12/h4-5,8,15H,6-7,9H2,1-3H3,(H,16,17). The van der Waals surface area contributed by atoms with Gasteiger partial charge < -0.3 is 15.4 Å². The van der Waals surface area contributed by atoms with E-state index in [-0.39, 0.29) is 5.91 Å². The molecule has 0 saturated heterocycles. The van der Waals surface area contributed by atoms with E-state index >= 15 is 0 Å². The molecule has 0 atom stereocenters. The van der Waals surface area contributed by atoms with E-state index in [0.717, 1.165) is 24.3 Å². The minimum Gasteiger partial charge on any atom is -0.493 e. The van der Waals surface area contributed by atoms with E-state index in [1.165, 1.54) is 5.56 Å². The average Bonchev–Trinajstić information content (AvgIpc) is 2.83. The second kappa shape index (κ2) is 4.98. The van der Waals surface area contributed by atoms with Gasteiger partial charge in [-0.3, -0.25) is 4.79 Å². The van der Waals surface area contributed by atoms with Gasteiger partial charge >= 0.3 is 0 Å². The van der Waals surface area contributed by atoms with Crippen molar-refractivity contribution in [3.63, 3.8) is 0 Å². The molecule has 0 aliphatic carbocycles. The Morgan fingerprint density at radius 3 is 2.94 bits per heavy atom. The van der Waals surface area contributed by atoms with Crippen LogP contribution in [0.2, 0.25) is 0 Å². The van der Waals surface area contributed by atoms with Gasteiger partial charge in [-0.2, -0.15) is 0 Å². The number of carbonyl (C=O) groups is 1. The molecule has 2 N–H and O–H groups in total. The molecule has 0 fully saturated rings. The van der Waals surface area contributed by atoms with E-state index in [4.69, 9.17) is 4.74 Å². The number of nitrogens with one attached hydrogen (secondary N) is 2. The van der Waals surface area contributed by atoms with Gasteiger partial charge in [-0.05, 0) is 38.1 Å². The number of hydrogen-bond acceptors (Lipinski definition) is 3. The summed E-state index contributed by atoms with van der Waals surface area (Å²) in [6.45, 7) is 5.03. The van der Waals surface area contributed by atoms with Gasteiger partial charge in [-0.1, -0.05) is 12.1 Å². The highest BCUT2D eigenvalue weighted by atomic mass is 16.5. The molecular formula is C14H20N2O2. The fraction of sp³-hybridized carbons (Fsp3) is 0.500. The summed E-state index contributed by atoms with van der Waals surface area (Å²) in [5, 5.41) is 5.93. The Morgan fingerprint density at radius 2 is 2.22 bits per heavy atom. The molecule has 0 unspecified atom stereocenters. The number of fused-ring (bicyclic) bond motifs is 1. The Bertz CT molecular complexity index is 455. The largest absolute Gasteiger partial charge is 0.493 e. The molecule has 18 heavy (non-hydrogen) atoms. The average molecular weight is 248 g/mol. The second-order valence-corrected chi connectivity index (χ2v) is 5.10. The molecule has 0 spiro atoms. The summed E-state index contributed by atoms with van der Waals surface area (Å²) >= 11 is 0. The molecular weight excluding hydrogens is 228 g/mol. The van der Waals surface area contributed by atoms with Crippen molar-refractivity contribution >= 4 is 5.91 Å². The lowest BCUT2D eigenvalue weighted by Gasteiger charge is -2.22. The number of likely N-dealkylation sites (N-methyl/N-ethyl adjacent to an activating group) is 1. The third-order valence-corrected chi connectivity index (χ3v) is 3.40. The van der Waals surface area contributed by atoms with Gasteiger partial charge in [0.1, 0.15) is 5.75 Å². The molecule has 0 saturated carbocycles. The van der Waals surface area contributed by atoms with Crippen LogP contribution in [-0.4, -0.2) is 25.1 Å². The zero-order valence-corrected chi connectivity index (χ0v) is 11.2. The number of rotatable bonds is 4. The van der Waals surface area contributed by atoms with Crippen molar-refractivity contribution in [1.29, 1.82) is 0 Å². The lowest BCUT2D eigenvalue weighted by atomic mass is 10.0. The first kappa shape index (κ1) is 12.9. The lowest BCUT2D eigenvalue weighted by Crippen LogP contribution is -2.50. The molecule has 1 aromatic rings. The minimum absolute atomic E-state index is 0.00162. The molecule has 0 radical (unpaired) electrons. The minimum atomic E-state index is -0.542. The topological polar surface area (TPSA) is 50.4 Å². The molecule has 1 aliphatic heterocycles. The summed E-state index contributed by atoms with van der Waals surface area (Å²) in [6, 6.07) is 6.08. The first-order chi connectivity index (χ1) is 8.53. The van der Waals surface area contributed by atoms with E-state index < -0.39 is 5.54 Å². The predicted octanol–water partition coefficient (Wildman–Crippen LogP) is 1.24. The van der Waals surface area contributed by atoms with Gasteiger partial charge in [0.25, 0.3) is 0 Å². The Labute approximate surface area is 108 Å². The maximum Gasteiger partial charge on any atom is 0.239 e. The van der Waals surface area contributed by atoms with Crippen LogP contribution in [0.1, 0.15) is 25.0 Å². The maximum atomic E-state index is 11.9. The normalized spacial score (nSPS) is 13.9. The summed E-state index contributed by atoms with van der Waals surface area (Å²) in [7, 11) is 1.78. The molecule has 98 valence electrons. The van der Waals surface area contributed by atoms with E-state index in [1.807, 2.05) is 26.0 Å². The molecule has 0 aromatic heterocycles. The summed E-state index contributed by atoms with van der Waals surface area (Å²) in [6.07, 6.45) is 0.957. The van der Waals surface area contributed by atoms with E-state index in [2.05, 4.69) is 16.7 Å². The van der Waals surface area contributed by atoms with Crippen molar-refractivity contribution in [2.45, 2.75) is 32.4 Å². The fourth-order valence-corrected chi connectivity index (χ4v) is 1.87. The van der Waals surface area contributed by atoms with Crippen LogP contribution in [0, 0.1) is 0 Å². The summed E-state index contributed by atoms with van der Waals surface area (Å²) < 4.78 is 5.45. The van der Waals surface area contributed by atoms with Crippen LogP contribution in [0.15, 0.2) is 18.2 Å². The van der Waals surface area contributed by atoms with Gasteiger partial charge in [0.15, 0.2) is 0 Å². The van der Waals surface area contributed by atoms with Crippen LogP contribution >= 0.6 is 0 Å². The van der Waals surface area contributed by atoms with Crippen molar-refractivity contribution in [2.75, 3.05) is 13.7 Å². The number of amides is 1. The van der Waals surface area contributed by atoms with Gasteiger partial charge in [-0.25, -0.2) is 0 Å². The van der Waals surface area contributed by atoms with Gasteiger partial charge in [-0.15, -0.1) is 0 Å². The number of ether oxygens (including phenoxy) is 1. The van der Waals surface area contributed by atoms with Crippen LogP contribution in [0.5, 0.6) is 5.75 Å². The van der Waals surface area contributed by atoms with E-state index in [9.17, 15) is 4.79 Å². The zero-order valence-electron chi connectivity index (χ0n) is 11.2. The van der Waals surface area contributed by atoms with Crippen LogP contribution in [-0.2, 0) is 17.8 Å². The van der Waals surface area contributed by atoms with Crippen LogP contribution in [0.25, 0.3) is 0 Å². The molecule has 2 rings (SSSR count). The van der Waals surface area contributed by atoms with E-state index in [0.29, 0.717) is 6.54 Å². The van der Waals surface area contributed by atoms with Gasteiger partial charge in [0.2, 0.25) is 5.91 Å². The third-order valence-electron chi connectivity index (χ3n) is 3.40. The molecule has 4 heteroatoms. The van der Waals surface area contributed by atoms with Crippen LogP contribution in [0.4, 0.5) is 0 Å². The molecule has 1 aliphatic rings. The number of carbonyl (C=O) groups excluding carboxylic acids is 1. The molecule has 1 amide bonds. The maximum absolute atomic E-state index is 11.9. The van der Waals surface area contributed by atoms with Crippen LogP contribution < -0.4 is 15.4 Å². The highest BCUT2D eigenvalue weighted by Crippen LogP contribution is 2.25. The summed E-state index contributed by atoms with van der Waals surface area (Å²) in [4.78, 5) is 11.9. The number of benzene rings is 1. The molecule has 0 bridgehead atoms. The molecule has 4 nitrogen and oxygen atoms in total. The molecule has 1 aromatic carbocycles. The first-order valence-electron chi connectivity index (χ1n) is 6.25. The Balaban J connectivity index is 1.97. The second-order valence-electron chi connectivity index (χ2n) is 5.10. The molecule has 1 heterocycles. The van der Waals surface area contributed by atoms with Crippen molar-refractivity contribution in [2.24, 2.45) is 0 Å². The van der Waals surface area contributed by atoms with Gasteiger partial charge in [0, 0.05) is 13.0 Å².